The summed E-state index contributed by atoms with van der Waals surface area (Å²) in [5, 5.41) is 3.16. The predicted molar refractivity (Wildman–Crippen MR) is 95.6 cm³/mol. The van der Waals surface area contributed by atoms with E-state index in [1.807, 2.05) is 35.2 Å². The third kappa shape index (κ3) is 3.68. The average molecular weight is 354 g/mol. The van der Waals surface area contributed by atoms with Crippen molar-refractivity contribution >= 4 is 11.9 Å². The molecule has 26 heavy (non-hydrogen) atoms. The summed E-state index contributed by atoms with van der Waals surface area (Å²) in [5.41, 5.74) is 1.65. The number of likely N-dealkylation sites (tertiary alicyclic amines) is 1. The van der Waals surface area contributed by atoms with E-state index in [0.29, 0.717) is 57.2 Å². The highest BCUT2D eigenvalue weighted by atomic mass is 16.7. The number of carbonyl (C=O) groups is 1. The quantitative estimate of drug-likeness (QED) is 0.906. The maximum Gasteiger partial charge on any atom is 0.256 e. The summed E-state index contributed by atoms with van der Waals surface area (Å²) >= 11 is 0. The van der Waals surface area contributed by atoms with Crippen LogP contribution in [0.25, 0.3) is 0 Å². The molecule has 0 saturated carbocycles. The first-order valence-electron chi connectivity index (χ1n) is 8.91. The van der Waals surface area contributed by atoms with Crippen molar-refractivity contribution in [1.29, 1.82) is 0 Å². The summed E-state index contributed by atoms with van der Waals surface area (Å²) in [7, 11) is 0. The van der Waals surface area contributed by atoms with Crippen molar-refractivity contribution in [1.82, 2.24) is 14.9 Å². The Balaban J connectivity index is 1.32. The molecule has 136 valence electrons. The number of aromatic nitrogens is 2. The Morgan fingerprint density at radius 1 is 1.08 bits per heavy atom. The highest BCUT2D eigenvalue weighted by Crippen LogP contribution is 2.31. The molecule has 1 N–H and O–H groups in total. The van der Waals surface area contributed by atoms with Crippen molar-refractivity contribution < 1.29 is 14.3 Å². The highest BCUT2D eigenvalue weighted by molar-refractivity contribution is 5.93. The van der Waals surface area contributed by atoms with Gasteiger partial charge < -0.3 is 19.7 Å². The van der Waals surface area contributed by atoms with Crippen molar-refractivity contribution in [2.45, 2.75) is 25.2 Å². The molecular formula is C19H22N4O3. The minimum atomic E-state index is -0.474. The average Bonchev–Trinajstić information content (AvgIpc) is 3.16. The molecule has 4 rings (SSSR count). The Bertz CT molecular complexity index is 735. The van der Waals surface area contributed by atoms with Crippen LogP contribution in [0.15, 0.2) is 42.7 Å². The number of nitrogens with one attached hydrogen (secondary N) is 1. The number of ether oxygens (including phenoxy) is 2. The maximum atomic E-state index is 12.6. The molecule has 7 heteroatoms. The Morgan fingerprint density at radius 2 is 1.73 bits per heavy atom. The van der Waals surface area contributed by atoms with E-state index in [4.69, 9.17) is 9.47 Å². The molecule has 2 aliphatic rings. The zero-order valence-electron chi connectivity index (χ0n) is 14.6. The molecule has 0 unspecified atom stereocenters. The van der Waals surface area contributed by atoms with E-state index in [1.165, 1.54) is 0 Å². The lowest BCUT2D eigenvalue weighted by molar-refractivity contribution is -0.181. The third-order valence-electron chi connectivity index (χ3n) is 4.82. The van der Waals surface area contributed by atoms with E-state index < -0.39 is 5.79 Å². The summed E-state index contributed by atoms with van der Waals surface area (Å²) in [6.07, 6.45) is 4.57. The Morgan fingerprint density at radius 3 is 2.38 bits per heavy atom. The first-order chi connectivity index (χ1) is 12.7. The van der Waals surface area contributed by atoms with Crippen molar-refractivity contribution in [3.63, 3.8) is 0 Å². The van der Waals surface area contributed by atoms with Gasteiger partial charge in [-0.25, -0.2) is 9.97 Å². The zero-order chi connectivity index (χ0) is 17.8. The Labute approximate surface area is 152 Å². The fraction of sp³-hybridized carbons (Fsp3) is 0.421. The fourth-order valence-electron chi connectivity index (χ4n) is 3.33. The van der Waals surface area contributed by atoms with Gasteiger partial charge in [0.05, 0.1) is 18.8 Å². The Hall–Kier alpha value is -2.51. The lowest BCUT2D eigenvalue weighted by Crippen LogP contribution is -2.47. The monoisotopic (exact) mass is 354 g/mol. The van der Waals surface area contributed by atoms with Gasteiger partial charge in [-0.05, 0) is 5.56 Å². The van der Waals surface area contributed by atoms with Gasteiger partial charge in [0.1, 0.15) is 0 Å². The van der Waals surface area contributed by atoms with Crippen LogP contribution < -0.4 is 5.32 Å². The lowest BCUT2D eigenvalue weighted by atomic mass is 10.0. The van der Waals surface area contributed by atoms with E-state index in [-0.39, 0.29) is 5.91 Å². The van der Waals surface area contributed by atoms with E-state index >= 15 is 0 Å². The van der Waals surface area contributed by atoms with E-state index in [2.05, 4.69) is 15.3 Å². The van der Waals surface area contributed by atoms with Crippen LogP contribution in [0.3, 0.4) is 0 Å². The van der Waals surface area contributed by atoms with Crippen molar-refractivity contribution in [2.24, 2.45) is 0 Å². The van der Waals surface area contributed by atoms with Gasteiger partial charge in [-0.2, -0.15) is 0 Å². The van der Waals surface area contributed by atoms with Crippen molar-refractivity contribution in [3.05, 3.63) is 53.9 Å². The maximum absolute atomic E-state index is 12.6. The molecule has 1 spiro atoms. The van der Waals surface area contributed by atoms with Crippen LogP contribution in [0.2, 0.25) is 0 Å². The molecule has 2 aliphatic heterocycles. The summed E-state index contributed by atoms with van der Waals surface area (Å²) in [6.45, 7) is 3.15. The first-order valence-corrected chi connectivity index (χ1v) is 8.91. The molecule has 3 heterocycles. The predicted octanol–water partition coefficient (Wildman–Crippen LogP) is 2.07. The van der Waals surface area contributed by atoms with Crippen LogP contribution in [-0.2, 0) is 16.0 Å². The van der Waals surface area contributed by atoms with Crippen LogP contribution >= 0.6 is 0 Å². The summed E-state index contributed by atoms with van der Waals surface area (Å²) in [4.78, 5) is 23.0. The number of benzene rings is 1. The molecular weight excluding hydrogens is 332 g/mol. The SMILES string of the molecule is O=C(c1cnc(NCc2ccccc2)nc1)N1CCC2(CC1)OCCO2. The number of rotatable bonds is 4. The molecule has 7 nitrogen and oxygen atoms in total. The minimum Gasteiger partial charge on any atom is -0.350 e. The molecule has 2 fully saturated rings. The van der Waals surface area contributed by atoms with Gasteiger partial charge in [-0.3, -0.25) is 4.79 Å². The number of hydrogen-bond donors (Lipinski definition) is 1. The van der Waals surface area contributed by atoms with Gasteiger partial charge in [0, 0.05) is 44.9 Å². The number of amides is 1. The van der Waals surface area contributed by atoms with Gasteiger partial charge in [0.2, 0.25) is 5.95 Å². The van der Waals surface area contributed by atoms with Crippen LogP contribution in [0.5, 0.6) is 0 Å². The van der Waals surface area contributed by atoms with Crippen LogP contribution in [-0.4, -0.2) is 52.9 Å². The van der Waals surface area contributed by atoms with Gasteiger partial charge in [0.15, 0.2) is 5.79 Å². The number of nitrogens with zero attached hydrogens (tertiary/aromatic N) is 3. The molecule has 1 aromatic carbocycles. The minimum absolute atomic E-state index is 0.0487. The standard InChI is InChI=1S/C19H22N4O3/c24-17(23-8-6-19(7-9-23)25-10-11-26-19)16-13-21-18(22-14-16)20-12-15-4-2-1-3-5-15/h1-5,13-14H,6-12H2,(H,20,21,22). The molecule has 1 amide bonds. The van der Waals surface area contributed by atoms with Gasteiger partial charge in [-0.15, -0.1) is 0 Å². The molecule has 2 aromatic rings. The summed E-state index contributed by atoms with van der Waals surface area (Å²) in [5.74, 6) is -0.0124. The Kier molecular flexibility index (Phi) is 4.81. The molecule has 2 saturated heterocycles. The van der Waals surface area contributed by atoms with Gasteiger partial charge >= 0.3 is 0 Å². The zero-order valence-corrected chi connectivity index (χ0v) is 14.6. The highest BCUT2D eigenvalue weighted by Gasteiger charge is 2.40. The first kappa shape index (κ1) is 16.9. The third-order valence-corrected chi connectivity index (χ3v) is 4.82. The molecule has 0 radical (unpaired) electrons. The van der Waals surface area contributed by atoms with Gasteiger partial charge in [-0.1, -0.05) is 30.3 Å². The second kappa shape index (κ2) is 7.39. The van der Waals surface area contributed by atoms with E-state index in [9.17, 15) is 4.79 Å². The molecule has 0 atom stereocenters. The lowest BCUT2D eigenvalue weighted by Gasteiger charge is -2.37. The number of hydrogen-bond acceptors (Lipinski definition) is 6. The topological polar surface area (TPSA) is 76.6 Å². The number of piperidine rings is 1. The van der Waals surface area contributed by atoms with Gasteiger partial charge in [0.25, 0.3) is 5.91 Å². The summed E-state index contributed by atoms with van der Waals surface area (Å²) in [6, 6.07) is 10.0. The van der Waals surface area contributed by atoms with Crippen LogP contribution in [0.1, 0.15) is 28.8 Å². The number of anilines is 1. The van der Waals surface area contributed by atoms with Crippen LogP contribution in [0.4, 0.5) is 5.95 Å². The summed E-state index contributed by atoms with van der Waals surface area (Å²) < 4.78 is 11.4. The largest absolute Gasteiger partial charge is 0.350 e. The number of carbonyl (C=O) groups excluding carboxylic acids is 1. The van der Waals surface area contributed by atoms with E-state index in [0.717, 1.165) is 5.56 Å². The molecule has 0 aliphatic carbocycles. The van der Waals surface area contributed by atoms with E-state index in [1.54, 1.807) is 12.4 Å². The molecule has 1 aromatic heterocycles. The normalized spacial score (nSPS) is 18.8. The second-order valence-corrected chi connectivity index (χ2v) is 6.53. The second-order valence-electron chi connectivity index (χ2n) is 6.53. The smallest absolute Gasteiger partial charge is 0.256 e. The molecule has 0 bridgehead atoms. The van der Waals surface area contributed by atoms with Crippen LogP contribution in [0, 0.1) is 0 Å². The fourth-order valence-corrected chi connectivity index (χ4v) is 3.33. The van der Waals surface area contributed by atoms with Crippen molar-refractivity contribution in [2.75, 3.05) is 31.6 Å². The van der Waals surface area contributed by atoms with Crippen molar-refractivity contribution in [3.8, 4) is 0 Å².